The van der Waals surface area contributed by atoms with Gasteiger partial charge in [-0.15, -0.1) is 0 Å². The molecule has 0 aliphatic heterocycles. The van der Waals surface area contributed by atoms with Crippen molar-refractivity contribution in [1.82, 2.24) is 18.9 Å². The summed E-state index contributed by atoms with van der Waals surface area (Å²) in [5.74, 6) is 1.63. The number of rotatable bonds is 2. The Morgan fingerprint density at radius 1 is 0.447 bits per heavy atom. The van der Waals surface area contributed by atoms with E-state index in [1.165, 1.54) is 43.6 Å². The molecule has 0 N–H and O–H groups in total. The SMILES string of the molecule is c1ccc(-c2nc(-n3c4ccccc4c4c3c3c5ccccc5c5cccc4n53)c3ccccc3n2)cc1. The number of nitrogens with zero attached hydrogens (tertiary/aromatic N) is 4. The van der Waals surface area contributed by atoms with Gasteiger partial charge in [0.15, 0.2) is 5.82 Å². The predicted molar refractivity (Wildman–Crippen MR) is 156 cm³/mol. The van der Waals surface area contributed by atoms with E-state index in [0.717, 1.165) is 33.6 Å². The molecule has 38 heavy (non-hydrogen) atoms. The first kappa shape index (κ1) is 19.9. The van der Waals surface area contributed by atoms with Crippen molar-refractivity contribution in [1.29, 1.82) is 0 Å². The van der Waals surface area contributed by atoms with E-state index < -0.39 is 0 Å². The van der Waals surface area contributed by atoms with Crippen LogP contribution in [0.1, 0.15) is 0 Å². The summed E-state index contributed by atoms with van der Waals surface area (Å²) in [4.78, 5) is 10.3. The van der Waals surface area contributed by atoms with Crippen LogP contribution in [0.4, 0.5) is 0 Å². The normalized spacial score (nSPS) is 12.2. The Morgan fingerprint density at radius 3 is 1.97 bits per heavy atom. The third kappa shape index (κ3) is 2.44. The molecule has 0 aliphatic rings. The molecule has 9 rings (SSSR count). The zero-order valence-electron chi connectivity index (χ0n) is 20.3. The highest BCUT2D eigenvalue weighted by Gasteiger charge is 2.25. The number of aromatic nitrogens is 4. The van der Waals surface area contributed by atoms with E-state index in [4.69, 9.17) is 9.97 Å². The van der Waals surface area contributed by atoms with Crippen molar-refractivity contribution in [3.63, 3.8) is 0 Å². The van der Waals surface area contributed by atoms with Gasteiger partial charge < -0.3 is 4.40 Å². The molecule has 0 spiro atoms. The summed E-state index contributed by atoms with van der Waals surface area (Å²) < 4.78 is 4.80. The van der Waals surface area contributed by atoms with Gasteiger partial charge in [-0.05, 0) is 30.3 Å². The fourth-order valence-electron chi connectivity index (χ4n) is 6.31. The Kier molecular flexibility index (Phi) is 3.76. The first-order chi connectivity index (χ1) is 18.9. The van der Waals surface area contributed by atoms with Crippen molar-refractivity contribution in [2.45, 2.75) is 0 Å². The molecule has 0 saturated carbocycles. The molecule has 0 bridgehead atoms. The molecular formula is C34H20N4. The largest absolute Gasteiger partial charge is 0.306 e. The van der Waals surface area contributed by atoms with Gasteiger partial charge in [-0.2, -0.15) is 0 Å². The van der Waals surface area contributed by atoms with E-state index >= 15 is 0 Å². The number of hydrogen-bond acceptors (Lipinski definition) is 2. The topological polar surface area (TPSA) is 35.1 Å². The van der Waals surface area contributed by atoms with Crippen LogP contribution in [0.3, 0.4) is 0 Å². The number of pyridine rings is 1. The lowest BCUT2D eigenvalue weighted by molar-refractivity contribution is 1.08. The van der Waals surface area contributed by atoms with Crippen LogP contribution in [0.5, 0.6) is 0 Å². The van der Waals surface area contributed by atoms with Gasteiger partial charge in [0.25, 0.3) is 0 Å². The van der Waals surface area contributed by atoms with E-state index in [2.05, 4.69) is 106 Å². The minimum Gasteiger partial charge on any atom is -0.306 e. The van der Waals surface area contributed by atoms with Gasteiger partial charge in [-0.1, -0.05) is 91.0 Å². The van der Waals surface area contributed by atoms with Crippen LogP contribution in [0.15, 0.2) is 121 Å². The highest BCUT2D eigenvalue weighted by Crippen LogP contribution is 2.44. The Balaban J connectivity index is 1.56. The molecule has 4 aromatic carbocycles. The number of fused-ring (bicyclic) bond motifs is 9. The van der Waals surface area contributed by atoms with E-state index in [1.54, 1.807) is 0 Å². The maximum absolute atomic E-state index is 5.28. The second-order valence-corrected chi connectivity index (χ2v) is 9.86. The summed E-state index contributed by atoms with van der Waals surface area (Å²) in [7, 11) is 0. The molecule has 0 radical (unpaired) electrons. The smallest absolute Gasteiger partial charge is 0.162 e. The van der Waals surface area contributed by atoms with Crippen LogP contribution >= 0.6 is 0 Å². The molecule has 0 saturated heterocycles. The lowest BCUT2D eigenvalue weighted by atomic mass is 10.1. The summed E-state index contributed by atoms with van der Waals surface area (Å²) in [6.45, 7) is 0. The van der Waals surface area contributed by atoms with Gasteiger partial charge in [0.2, 0.25) is 0 Å². The van der Waals surface area contributed by atoms with Gasteiger partial charge in [-0.25, -0.2) is 9.97 Å². The molecule has 0 fully saturated rings. The third-order valence-electron chi connectivity index (χ3n) is 7.85. The monoisotopic (exact) mass is 484 g/mol. The van der Waals surface area contributed by atoms with E-state index in [9.17, 15) is 0 Å². The molecule has 0 atom stereocenters. The van der Waals surface area contributed by atoms with Crippen molar-refractivity contribution in [3.8, 4) is 17.2 Å². The van der Waals surface area contributed by atoms with E-state index in [0.29, 0.717) is 0 Å². The van der Waals surface area contributed by atoms with Gasteiger partial charge in [0.1, 0.15) is 5.82 Å². The minimum atomic E-state index is 0.728. The molecule has 5 heterocycles. The molecule has 5 aromatic heterocycles. The van der Waals surface area contributed by atoms with Crippen molar-refractivity contribution >= 4 is 60.0 Å². The van der Waals surface area contributed by atoms with Crippen LogP contribution in [0.2, 0.25) is 0 Å². The molecule has 0 aliphatic carbocycles. The quantitative estimate of drug-likeness (QED) is 0.247. The lowest BCUT2D eigenvalue weighted by Crippen LogP contribution is -2.02. The van der Waals surface area contributed by atoms with Crippen LogP contribution in [0, 0.1) is 0 Å². The zero-order chi connectivity index (χ0) is 24.8. The number of hydrogen-bond donors (Lipinski definition) is 0. The number of benzene rings is 4. The second-order valence-electron chi connectivity index (χ2n) is 9.86. The summed E-state index contributed by atoms with van der Waals surface area (Å²) in [6.07, 6.45) is 0. The maximum atomic E-state index is 5.28. The third-order valence-corrected chi connectivity index (χ3v) is 7.85. The van der Waals surface area contributed by atoms with Gasteiger partial charge in [0, 0.05) is 32.5 Å². The van der Waals surface area contributed by atoms with Crippen molar-refractivity contribution in [2.75, 3.05) is 0 Å². The standard InChI is InChI=1S/C34H20N4/c1-2-11-21(12-3-1)33-35-26-17-8-6-15-24(26)34(36-33)38-28-18-9-7-16-25(28)30-29-20-10-19-27-22-13-4-5-14-23(22)31(32(30)38)37(27)29/h1-20H. The Hall–Kier alpha value is -5.22. The van der Waals surface area contributed by atoms with Crippen molar-refractivity contribution < 1.29 is 0 Å². The lowest BCUT2D eigenvalue weighted by Gasteiger charge is -2.12. The molecule has 9 aromatic rings. The maximum Gasteiger partial charge on any atom is 0.162 e. The summed E-state index contributed by atoms with van der Waals surface area (Å²) in [6, 6.07) is 42.7. The summed E-state index contributed by atoms with van der Waals surface area (Å²) in [5, 5.41) is 6.04. The summed E-state index contributed by atoms with van der Waals surface area (Å²) >= 11 is 0. The van der Waals surface area contributed by atoms with Crippen LogP contribution < -0.4 is 0 Å². The first-order valence-corrected chi connectivity index (χ1v) is 12.9. The average Bonchev–Trinajstić information content (AvgIpc) is 3.62. The molecule has 0 unspecified atom stereocenters. The van der Waals surface area contributed by atoms with E-state index in [1.807, 2.05) is 24.3 Å². The Morgan fingerprint density at radius 2 is 1.11 bits per heavy atom. The molecule has 4 heteroatoms. The van der Waals surface area contributed by atoms with Crippen LogP contribution in [0.25, 0.3) is 77.2 Å². The van der Waals surface area contributed by atoms with Crippen molar-refractivity contribution in [3.05, 3.63) is 121 Å². The summed E-state index contributed by atoms with van der Waals surface area (Å²) in [5.41, 5.74) is 7.95. The van der Waals surface area contributed by atoms with Crippen LogP contribution in [-0.4, -0.2) is 18.9 Å². The fourth-order valence-corrected chi connectivity index (χ4v) is 6.31. The number of para-hydroxylation sites is 2. The minimum absolute atomic E-state index is 0.728. The Labute approximate surface area is 217 Å². The van der Waals surface area contributed by atoms with Crippen molar-refractivity contribution in [2.24, 2.45) is 0 Å². The van der Waals surface area contributed by atoms with E-state index in [-0.39, 0.29) is 0 Å². The molecule has 4 nitrogen and oxygen atoms in total. The average molecular weight is 485 g/mol. The molecule has 0 amide bonds. The molecular weight excluding hydrogens is 464 g/mol. The van der Waals surface area contributed by atoms with Gasteiger partial charge in [0.05, 0.1) is 33.1 Å². The van der Waals surface area contributed by atoms with Gasteiger partial charge >= 0.3 is 0 Å². The first-order valence-electron chi connectivity index (χ1n) is 12.9. The second kappa shape index (κ2) is 7.17. The highest BCUT2D eigenvalue weighted by molar-refractivity contribution is 6.29. The fraction of sp³-hybridized carbons (Fsp3) is 0. The van der Waals surface area contributed by atoms with Gasteiger partial charge in [-0.3, -0.25) is 4.57 Å². The zero-order valence-corrected chi connectivity index (χ0v) is 20.3. The highest BCUT2D eigenvalue weighted by atomic mass is 15.1. The Bertz CT molecular complexity index is 2340. The molecule has 176 valence electrons. The van der Waals surface area contributed by atoms with Crippen LogP contribution in [-0.2, 0) is 0 Å². The predicted octanol–water partition coefficient (Wildman–Crippen LogP) is 8.39.